The van der Waals surface area contributed by atoms with Crippen LogP contribution in [0.2, 0.25) is 10.0 Å². The molecule has 0 unspecified atom stereocenters. The summed E-state index contributed by atoms with van der Waals surface area (Å²) in [5.41, 5.74) is 3.43. The van der Waals surface area contributed by atoms with Gasteiger partial charge in [0.25, 0.3) is 0 Å². The van der Waals surface area contributed by atoms with Crippen molar-refractivity contribution < 1.29 is 0 Å². The molecule has 0 radical (unpaired) electrons. The van der Waals surface area contributed by atoms with Crippen LogP contribution in [0.4, 0.5) is 11.4 Å². The number of benzene rings is 2. The minimum atomic E-state index is 0.251. The summed E-state index contributed by atoms with van der Waals surface area (Å²) >= 11 is 12.1. The molecule has 4 heteroatoms. The number of anilines is 2. The summed E-state index contributed by atoms with van der Waals surface area (Å²) < 4.78 is 0. The smallest absolute Gasteiger partial charge is 0.0554 e. The van der Waals surface area contributed by atoms with Gasteiger partial charge in [-0.1, -0.05) is 23.2 Å². The molecule has 2 aromatic carbocycles. The molecule has 2 N–H and O–H groups in total. The first-order chi connectivity index (χ1) is 9.61. The molecule has 1 aliphatic heterocycles. The largest absolute Gasteiger partial charge is 0.382 e. The van der Waals surface area contributed by atoms with E-state index in [1.54, 1.807) is 0 Å². The SMILES string of the molecule is C[C@H]1C[C@@H](Nc2ccc(Cl)cc2)c2cc(Cl)ccc2N1. The van der Waals surface area contributed by atoms with Crippen LogP contribution in [0.3, 0.4) is 0 Å². The van der Waals surface area contributed by atoms with Gasteiger partial charge < -0.3 is 10.6 Å². The van der Waals surface area contributed by atoms with E-state index in [-0.39, 0.29) is 6.04 Å². The van der Waals surface area contributed by atoms with Crippen LogP contribution in [0, 0.1) is 0 Å². The van der Waals surface area contributed by atoms with Gasteiger partial charge in [-0.15, -0.1) is 0 Å². The molecule has 1 aliphatic rings. The number of nitrogens with one attached hydrogen (secondary N) is 2. The second-order valence-electron chi connectivity index (χ2n) is 5.22. The van der Waals surface area contributed by atoms with Gasteiger partial charge in [-0.2, -0.15) is 0 Å². The molecule has 0 saturated carbocycles. The van der Waals surface area contributed by atoms with E-state index in [0.717, 1.165) is 27.8 Å². The minimum absolute atomic E-state index is 0.251. The highest BCUT2D eigenvalue weighted by atomic mass is 35.5. The van der Waals surface area contributed by atoms with Crippen molar-refractivity contribution in [2.75, 3.05) is 10.6 Å². The van der Waals surface area contributed by atoms with Gasteiger partial charge in [-0.25, -0.2) is 0 Å². The predicted octanol–water partition coefficient (Wildman–Crippen LogP) is 5.35. The van der Waals surface area contributed by atoms with Crippen molar-refractivity contribution in [1.29, 1.82) is 0 Å². The van der Waals surface area contributed by atoms with Gasteiger partial charge in [0.2, 0.25) is 0 Å². The molecular formula is C16H16Cl2N2. The first kappa shape index (κ1) is 13.6. The van der Waals surface area contributed by atoms with Crippen LogP contribution in [0.1, 0.15) is 24.9 Å². The zero-order chi connectivity index (χ0) is 14.1. The maximum Gasteiger partial charge on any atom is 0.0554 e. The van der Waals surface area contributed by atoms with Crippen molar-refractivity contribution >= 4 is 34.6 Å². The third-order valence-corrected chi connectivity index (χ3v) is 4.05. The highest BCUT2D eigenvalue weighted by Gasteiger charge is 2.24. The average Bonchev–Trinajstić information content (AvgIpc) is 2.42. The highest BCUT2D eigenvalue weighted by Crippen LogP contribution is 2.36. The maximum atomic E-state index is 6.13. The van der Waals surface area contributed by atoms with Gasteiger partial charge in [0.15, 0.2) is 0 Å². The van der Waals surface area contributed by atoms with Crippen molar-refractivity contribution in [3.05, 3.63) is 58.1 Å². The van der Waals surface area contributed by atoms with Crippen molar-refractivity contribution in [3.63, 3.8) is 0 Å². The van der Waals surface area contributed by atoms with Crippen LogP contribution in [-0.4, -0.2) is 6.04 Å². The van der Waals surface area contributed by atoms with E-state index in [9.17, 15) is 0 Å². The van der Waals surface area contributed by atoms with Gasteiger partial charge in [-0.3, -0.25) is 0 Å². The fraction of sp³-hybridized carbons (Fsp3) is 0.250. The quantitative estimate of drug-likeness (QED) is 0.781. The number of fused-ring (bicyclic) bond motifs is 1. The third kappa shape index (κ3) is 2.87. The Balaban J connectivity index is 1.90. The summed E-state index contributed by atoms with van der Waals surface area (Å²) in [7, 11) is 0. The molecule has 2 aromatic rings. The first-order valence-corrected chi connectivity index (χ1v) is 7.45. The topological polar surface area (TPSA) is 24.1 Å². The number of hydrogen-bond donors (Lipinski definition) is 2. The van der Waals surface area contributed by atoms with Gasteiger partial charge in [-0.05, 0) is 61.4 Å². The predicted molar refractivity (Wildman–Crippen MR) is 87.0 cm³/mol. The zero-order valence-electron chi connectivity index (χ0n) is 11.2. The zero-order valence-corrected chi connectivity index (χ0v) is 12.7. The molecule has 0 bridgehead atoms. The normalized spacial score (nSPS) is 20.9. The Bertz CT molecular complexity index is 610. The van der Waals surface area contributed by atoms with E-state index in [1.165, 1.54) is 5.56 Å². The molecule has 0 saturated heterocycles. The molecule has 2 atom stereocenters. The van der Waals surface area contributed by atoms with E-state index >= 15 is 0 Å². The van der Waals surface area contributed by atoms with Crippen LogP contribution in [-0.2, 0) is 0 Å². The molecule has 3 rings (SSSR count). The lowest BCUT2D eigenvalue weighted by Crippen LogP contribution is -2.28. The monoisotopic (exact) mass is 306 g/mol. The van der Waals surface area contributed by atoms with Gasteiger partial charge in [0.05, 0.1) is 6.04 Å². The molecule has 0 aromatic heterocycles. The van der Waals surface area contributed by atoms with Gasteiger partial charge in [0, 0.05) is 27.5 Å². The molecule has 20 heavy (non-hydrogen) atoms. The summed E-state index contributed by atoms with van der Waals surface area (Å²) in [5, 5.41) is 8.57. The summed E-state index contributed by atoms with van der Waals surface area (Å²) in [6.07, 6.45) is 1.01. The van der Waals surface area contributed by atoms with Crippen LogP contribution in [0.5, 0.6) is 0 Å². The van der Waals surface area contributed by atoms with E-state index < -0.39 is 0 Å². The molecule has 1 heterocycles. The number of rotatable bonds is 2. The lowest BCUT2D eigenvalue weighted by atomic mass is 9.93. The molecular weight excluding hydrogens is 291 g/mol. The van der Waals surface area contributed by atoms with Crippen molar-refractivity contribution in [2.24, 2.45) is 0 Å². The summed E-state index contributed by atoms with van der Waals surface area (Å²) in [4.78, 5) is 0. The molecule has 2 nitrogen and oxygen atoms in total. The van der Waals surface area contributed by atoms with Crippen LogP contribution in [0.25, 0.3) is 0 Å². The lowest BCUT2D eigenvalue weighted by molar-refractivity contribution is 0.600. The first-order valence-electron chi connectivity index (χ1n) is 6.70. The minimum Gasteiger partial charge on any atom is -0.382 e. The molecule has 0 fully saturated rings. The Kier molecular flexibility index (Phi) is 3.77. The Hall–Kier alpha value is -1.38. The molecule has 0 aliphatic carbocycles. The van der Waals surface area contributed by atoms with Crippen molar-refractivity contribution in [1.82, 2.24) is 0 Å². The van der Waals surface area contributed by atoms with Crippen LogP contribution < -0.4 is 10.6 Å². The Labute approximate surface area is 129 Å². The lowest BCUT2D eigenvalue weighted by Gasteiger charge is -2.32. The number of hydrogen-bond acceptors (Lipinski definition) is 2. The second-order valence-corrected chi connectivity index (χ2v) is 6.09. The fourth-order valence-electron chi connectivity index (χ4n) is 2.64. The fourth-order valence-corrected chi connectivity index (χ4v) is 2.95. The summed E-state index contributed by atoms with van der Waals surface area (Å²) in [6, 6.07) is 14.5. The van der Waals surface area contributed by atoms with E-state index in [2.05, 4.69) is 17.6 Å². The van der Waals surface area contributed by atoms with Gasteiger partial charge >= 0.3 is 0 Å². The van der Waals surface area contributed by atoms with Crippen molar-refractivity contribution in [2.45, 2.75) is 25.4 Å². The maximum absolute atomic E-state index is 6.13. The molecule has 104 valence electrons. The Morgan fingerprint density at radius 1 is 1.05 bits per heavy atom. The Morgan fingerprint density at radius 3 is 2.50 bits per heavy atom. The highest BCUT2D eigenvalue weighted by molar-refractivity contribution is 6.31. The summed E-state index contributed by atoms with van der Waals surface area (Å²) in [5.74, 6) is 0. The molecule has 0 amide bonds. The standard InChI is InChI=1S/C16H16Cl2N2/c1-10-8-16(20-13-5-2-11(17)3-6-13)14-9-12(18)4-7-15(14)19-10/h2-7,9-10,16,19-20H,8H2,1H3/t10-,16+/m0/s1. The van der Waals surface area contributed by atoms with E-state index in [0.29, 0.717) is 6.04 Å². The number of halogens is 2. The molecule has 0 spiro atoms. The van der Waals surface area contributed by atoms with Crippen LogP contribution >= 0.6 is 23.2 Å². The summed E-state index contributed by atoms with van der Waals surface area (Å²) in [6.45, 7) is 2.19. The third-order valence-electron chi connectivity index (χ3n) is 3.57. The van der Waals surface area contributed by atoms with Gasteiger partial charge in [0.1, 0.15) is 0 Å². The Morgan fingerprint density at radius 2 is 1.75 bits per heavy atom. The second kappa shape index (κ2) is 5.55. The van der Waals surface area contributed by atoms with E-state index in [1.807, 2.05) is 42.5 Å². The van der Waals surface area contributed by atoms with Crippen LogP contribution in [0.15, 0.2) is 42.5 Å². The van der Waals surface area contributed by atoms with E-state index in [4.69, 9.17) is 23.2 Å². The van der Waals surface area contributed by atoms with Crippen molar-refractivity contribution in [3.8, 4) is 0 Å². The average molecular weight is 307 g/mol.